The van der Waals surface area contributed by atoms with Gasteiger partial charge in [0.25, 0.3) is 5.91 Å². The quantitative estimate of drug-likeness (QED) is 0.635. The minimum atomic E-state index is -0.0579. The fraction of sp³-hybridized carbons (Fsp3) is 0.462. The van der Waals surface area contributed by atoms with Crippen LogP contribution in [0.4, 0.5) is 0 Å². The van der Waals surface area contributed by atoms with Crippen molar-refractivity contribution in [3.8, 4) is 5.75 Å². The van der Waals surface area contributed by atoms with Gasteiger partial charge >= 0.3 is 0 Å². The molecule has 5 heteroatoms. The third-order valence-corrected chi connectivity index (χ3v) is 6.84. The van der Waals surface area contributed by atoms with Gasteiger partial charge < -0.3 is 15.4 Å². The van der Waals surface area contributed by atoms with Crippen molar-refractivity contribution in [3.63, 3.8) is 0 Å². The van der Waals surface area contributed by atoms with Gasteiger partial charge in [0.1, 0.15) is 5.75 Å². The Labute approximate surface area is 184 Å². The first-order valence-electron chi connectivity index (χ1n) is 11.4. The molecule has 2 aromatic carbocycles. The Morgan fingerprint density at radius 2 is 1.81 bits per heavy atom. The Kier molecular flexibility index (Phi) is 6.90. The molecule has 4 unspecified atom stereocenters. The minimum Gasteiger partial charge on any atom is -0.493 e. The molecule has 2 saturated carbocycles. The molecule has 0 spiro atoms. The number of hydrogen-bond donors (Lipinski definition) is 2. The second-order valence-corrected chi connectivity index (χ2v) is 8.99. The number of carbonyl (C=O) groups is 2. The monoisotopic (exact) mass is 420 g/mol. The summed E-state index contributed by atoms with van der Waals surface area (Å²) < 4.78 is 5.55. The average Bonchev–Trinajstić information content (AvgIpc) is 3.43. The lowest BCUT2D eigenvalue weighted by Gasteiger charge is -2.28. The van der Waals surface area contributed by atoms with Crippen molar-refractivity contribution in [2.45, 2.75) is 51.6 Å². The lowest BCUT2D eigenvalue weighted by molar-refractivity contribution is -0.121. The number of para-hydroxylation sites is 1. The first-order chi connectivity index (χ1) is 15.1. The van der Waals surface area contributed by atoms with E-state index in [1.807, 2.05) is 54.6 Å². The molecule has 0 aromatic heterocycles. The van der Waals surface area contributed by atoms with Crippen molar-refractivity contribution in [3.05, 3.63) is 65.7 Å². The Bertz CT molecular complexity index is 881. The molecule has 2 bridgehead atoms. The van der Waals surface area contributed by atoms with Crippen molar-refractivity contribution in [2.75, 3.05) is 6.61 Å². The summed E-state index contributed by atoms with van der Waals surface area (Å²) in [4.78, 5) is 24.7. The first kappa shape index (κ1) is 21.4. The van der Waals surface area contributed by atoms with Gasteiger partial charge in [-0.15, -0.1) is 0 Å². The molecule has 2 fully saturated rings. The predicted octanol–water partition coefficient (Wildman–Crippen LogP) is 4.33. The summed E-state index contributed by atoms with van der Waals surface area (Å²) in [7, 11) is 0. The summed E-state index contributed by atoms with van der Waals surface area (Å²) >= 11 is 0. The molecule has 31 heavy (non-hydrogen) atoms. The Hall–Kier alpha value is -2.82. The molecule has 0 radical (unpaired) electrons. The number of benzene rings is 2. The average molecular weight is 421 g/mol. The van der Waals surface area contributed by atoms with E-state index in [9.17, 15) is 9.59 Å². The van der Waals surface area contributed by atoms with Gasteiger partial charge in [0.15, 0.2) is 0 Å². The van der Waals surface area contributed by atoms with Crippen LogP contribution >= 0.6 is 0 Å². The Morgan fingerprint density at radius 3 is 2.48 bits per heavy atom. The Balaban J connectivity index is 1.18. The molecule has 4 rings (SSSR count). The molecular formula is C26H32N2O3. The fourth-order valence-electron chi connectivity index (χ4n) is 5.14. The van der Waals surface area contributed by atoms with Gasteiger partial charge in [-0.05, 0) is 73.8 Å². The molecule has 2 N–H and O–H groups in total. The molecule has 0 aliphatic heterocycles. The van der Waals surface area contributed by atoms with Gasteiger partial charge in [0.2, 0.25) is 5.91 Å². The molecule has 164 valence electrons. The maximum absolute atomic E-state index is 12.6. The van der Waals surface area contributed by atoms with E-state index < -0.39 is 0 Å². The maximum atomic E-state index is 12.6. The summed E-state index contributed by atoms with van der Waals surface area (Å²) in [5, 5.41) is 6.11. The number of carbonyl (C=O) groups excluding carboxylic acids is 2. The highest BCUT2D eigenvalue weighted by molar-refractivity contribution is 5.94. The van der Waals surface area contributed by atoms with E-state index in [0.29, 0.717) is 31.1 Å². The van der Waals surface area contributed by atoms with Crippen LogP contribution in [0.3, 0.4) is 0 Å². The molecular weight excluding hydrogens is 388 g/mol. The standard InChI is InChI=1S/C26H32N2O3/c1-18(24-16-20-9-12-22(24)15-20)28-26(30)21-10-7-19(8-11-21)17-27-25(29)13-14-31-23-5-3-2-4-6-23/h2-8,10-11,18,20,22,24H,9,12-17H2,1H3,(H,27,29)(H,28,30). The van der Waals surface area contributed by atoms with Crippen LogP contribution in [0.5, 0.6) is 5.75 Å². The molecule has 2 aliphatic rings. The van der Waals surface area contributed by atoms with Crippen molar-refractivity contribution < 1.29 is 14.3 Å². The minimum absolute atomic E-state index is 0.0103. The number of nitrogens with one attached hydrogen (secondary N) is 2. The SMILES string of the molecule is CC(NC(=O)c1ccc(CNC(=O)CCOc2ccccc2)cc1)C1CC2CCC1C2. The van der Waals surface area contributed by atoms with Crippen LogP contribution in [0.15, 0.2) is 54.6 Å². The molecule has 5 nitrogen and oxygen atoms in total. The zero-order chi connectivity index (χ0) is 21.6. The number of fused-ring (bicyclic) bond motifs is 2. The van der Waals surface area contributed by atoms with Crippen molar-refractivity contribution in [1.29, 1.82) is 0 Å². The van der Waals surface area contributed by atoms with E-state index in [1.54, 1.807) is 0 Å². The largest absolute Gasteiger partial charge is 0.493 e. The van der Waals surface area contributed by atoms with Crippen LogP contribution in [0.1, 0.15) is 54.9 Å². The molecule has 2 amide bonds. The smallest absolute Gasteiger partial charge is 0.251 e. The van der Waals surface area contributed by atoms with E-state index in [1.165, 1.54) is 25.7 Å². The van der Waals surface area contributed by atoms with Crippen LogP contribution in [-0.4, -0.2) is 24.5 Å². The fourth-order valence-corrected chi connectivity index (χ4v) is 5.14. The van der Waals surface area contributed by atoms with Crippen molar-refractivity contribution >= 4 is 11.8 Å². The molecule has 0 saturated heterocycles. The van der Waals surface area contributed by atoms with Gasteiger partial charge in [-0.3, -0.25) is 9.59 Å². The lowest BCUT2D eigenvalue weighted by atomic mass is 9.84. The Morgan fingerprint density at radius 1 is 1.03 bits per heavy atom. The van der Waals surface area contributed by atoms with E-state index in [2.05, 4.69) is 17.6 Å². The highest BCUT2D eigenvalue weighted by Crippen LogP contribution is 2.49. The number of amides is 2. The van der Waals surface area contributed by atoms with E-state index in [0.717, 1.165) is 23.1 Å². The van der Waals surface area contributed by atoms with Crippen LogP contribution in [0.25, 0.3) is 0 Å². The summed E-state index contributed by atoms with van der Waals surface area (Å²) in [6, 6.07) is 17.2. The highest BCUT2D eigenvalue weighted by atomic mass is 16.5. The van der Waals surface area contributed by atoms with Crippen molar-refractivity contribution in [2.24, 2.45) is 17.8 Å². The van der Waals surface area contributed by atoms with Crippen molar-refractivity contribution in [1.82, 2.24) is 10.6 Å². The van der Waals surface area contributed by atoms with Gasteiger partial charge in [-0.1, -0.05) is 36.8 Å². The van der Waals surface area contributed by atoms with E-state index in [-0.39, 0.29) is 17.9 Å². The van der Waals surface area contributed by atoms with Crippen LogP contribution in [0, 0.1) is 17.8 Å². The van der Waals surface area contributed by atoms with Crippen LogP contribution in [0.2, 0.25) is 0 Å². The number of ether oxygens (including phenoxy) is 1. The van der Waals surface area contributed by atoms with E-state index >= 15 is 0 Å². The van der Waals surface area contributed by atoms with Gasteiger partial charge in [0.05, 0.1) is 13.0 Å². The second-order valence-electron chi connectivity index (χ2n) is 8.99. The first-order valence-corrected chi connectivity index (χ1v) is 11.4. The summed E-state index contributed by atoms with van der Waals surface area (Å²) in [5.41, 5.74) is 1.64. The van der Waals surface area contributed by atoms with Crippen LogP contribution < -0.4 is 15.4 Å². The molecule has 4 atom stereocenters. The number of rotatable bonds is 9. The summed E-state index contributed by atoms with van der Waals surface area (Å²) in [6.07, 6.45) is 5.62. The van der Waals surface area contributed by atoms with Crippen LogP contribution in [-0.2, 0) is 11.3 Å². The predicted molar refractivity (Wildman–Crippen MR) is 121 cm³/mol. The zero-order valence-corrected chi connectivity index (χ0v) is 18.2. The summed E-state index contributed by atoms with van der Waals surface area (Å²) in [5.74, 6) is 3.00. The molecule has 2 aliphatic carbocycles. The van der Waals surface area contributed by atoms with Gasteiger partial charge in [-0.2, -0.15) is 0 Å². The molecule has 0 heterocycles. The summed E-state index contributed by atoms with van der Waals surface area (Å²) in [6.45, 7) is 2.93. The van der Waals surface area contributed by atoms with Gasteiger partial charge in [-0.25, -0.2) is 0 Å². The highest BCUT2D eigenvalue weighted by Gasteiger charge is 2.42. The van der Waals surface area contributed by atoms with Gasteiger partial charge in [0, 0.05) is 18.2 Å². The normalized spacial score (nSPS) is 22.7. The third-order valence-electron chi connectivity index (χ3n) is 6.84. The topological polar surface area (TPSA) is 67.4 Å². The van der Waals surface area contributed by atoms with E-state index in [4.69, 9.17) is 4.74 Å². The third kappa shape index (κ3) is 5.66. The zero-order valence-electron chi connectivity index (χ0n) is 18.2. The molecule has 2 aromatic rings. The number of hydrogen-bond acceptors (Lipinski definition) is 3. The second kappa shape index (κ2) is 9.99. The maximum Gasteiger partial charge on any atom is 0.251 e. The lowest BCUT2D eigenvalue weighted by Crippen LogP contribution is -2.40.